The van der Waals surface area contributed by atoms with Gasteiger partial charge in [-0.25, -0.2) is 4.98 Å². The highest BCUT2D eigenvalue weighted by atomic mass is 16.3. The van der Waals surface area contributed by atoms with Gasteiger partial charge in [0.05, 0.1) is 0 Å². The summed E-state index contributed by atoms with van der Waals surface area (Å²) in [6.45, 7) is 3.77. The van der Waals surface area contributed by atoms with Gasteiger partial charge in [-0.1, -0.05) is 6.07 Å². The number of fused-ring (bicyclic) bond motifs is 2. The highest BCUT2D eigenvalue weighted by Crippen LogP contribution is 2.26. The second-order valence-corrected chi connectivity index (χ2v) is 4.22. The Labute approximate surface area is 98.1 Å². The first-order valence-corrected chi connectivity index (χ1v) is 5.46. The third-order valence-corrected chi connectivity index (χ3v) is 2.90. The molecule has 0 saturated heterocycles. The van der Waals surface area contributed by atoms with Crippen LogP contribution in [-0.2, 0) is 0 Å². The maximum Gasteiger partial charge on any atom is 0.185 e. The Kier molecular flexibility index (Phi) is 2.01. The molecule has 3 rings (SSSR count). The fraction of sp³-hybridized carbons (Fsp3) is 0.143. The molecule has 84 valence electrons. The van der Waals surface area contributed by atoms with Gasteiger partial charge in [0.15, 0.2) is 16.8 Å². The zero-order chi connectivity index (χ0) is 12.0. The third-order valence-electron chi connectivity index (χ3n) is 2.90. The minimum Gasteiger partial charge on any atom is -0.452 e. The molecule has 0 saturated carbocycles. The Morgan fingerprint density at radius 1 is 1.12 bits per heavy atom. The number of rotatable bonds is 0. The first-order valence-electron chi connectivity index (χ1n) is 5.46. The second-order valence-electron chi connectivity index (χ2n) is 4.22. The van der Waals surface area contributed by atoms with Crippen molar-refractivity contribution in [3.8, 4) is 11.5 Å². The van der Waals surface area contributed by atoms with E-state index < -0.39 is 0 Å². The van der Waals surface area contributed by atoms with Crippen LogP contribution in [0.3, 0.4) is 0 Å². The number of aryl methyl sites for hydroxylation is 1. The number of aromatic nitrogens is 1. The van der Waals surface area contributed by atoms with E-state index in [4.69, 9.17) is 4.42 Å². The molecule has 1 aromatic rings. The molecule has 0 fully saturated rings. The van der Waals surface area contributed by atoms with E-state index in [1.165, 1.54) is 6.07 Å². The van der Waals surface area contributed by atoms with Gasteiger partial charge >= 0.3 is 0 Å². The first-order chi connectivity index (χ1) is 8.15. The summed E-state index contributed by atoms with van der Waals surface area (Å²) in [5.74, 6) is 0.578. The predicted molar refractivity (Wildman–Crippen MR) is 66.4 cm³/mol. The van der Waals surface area contributed by atoms with Crippen LogP contribution >= 0.6 is 0 Å². The van der Waals surface area contributed by atoms with Crippen molar-refractivity contribution in [3.63, 3.8) is 0 Å². The summed E-state index contributed by atoms with van der Waals surface area (Å²) in [4.78, 5) is 16.0. The van der Waals surface area contributed by atoms with Crippen molar-refractivity contribution in [2.75, 3.05) is 0 Å². The van der Waals surface area contributed by atoms with Crippen molar-refractivity contribution in [2.24, 2.45) is 0 Å². The second kappa shape index (κ2) is 3.42. The Bertz CT molecular complexity index is 743. The summed E-state index contributed by atoms with van der Waals surface area (Å²) in [6.07, 6.45) is 0. The minimum atomic E-state index is -0.0190. The molecule has 3 heteroatoms. The van der Waals surface area contributed by atoms with E-state index in [9.17, 15) is 4.79 Å². The first kappa shape index (κ1) is 10.0. The molecule has 0 aromatic heterocycles. The van der Waals surface area contributed by atoms with Gasteiger partial charge in [-0.2, -0.15) is 0 Å². The van der Waals surface area contributed by atoms with E-state index in [1.807, 2.05) is 25.1 Å². The van der Waals surface area contributed by atoms with Crippen LogP contribution in [0.4, 0.5) is 0 Å². The highest BCUT2D eigenvalue weighted by Gasteiger charge is 2.13. The summed E-state index contributed by atoms with van der Waals surface area (Å²) >= 11 is 0. The summed E-state index contributed by atoms with van der Waals surface area (Å²) in [5.41, 5.74) is 3.97. The Morgan fingerprint density at radius 3 is 2.76 bits per heavy atom. The van der Waals surface area contributed by atoms with Crippen LogP contribution in [0.5, 0.6) is 0 Å². The van der Waals surface area contributed by atoms with Crippen molar-refractivity contribution in [3.05, 3.63) is 51.7 Å². The molecule has 0 N–H and O–H groups in total. The van der Waals surface area contributed by atoms with Crippen LogP contribution in [0, 0.1) is 13.8 Å². The van der Waals surface area contributed by atoms with Crippen molar-refractivity contribution < 1.29 is 4.42 Å². The molecule has 2 aliphatic rings. The molecule has 0 atom stereocenters. The monoisotopic (exact) mass is 225 g/mol. The molecule has 0 unspecified atom stereocenters. The summed E-state index contributed by atoms with van der Waals surface area (Å²) < 4.78 is 5.75. The molecule has 0 spiro atoms. The SMILES string of the molecule is Cc1ccc2oc3c(C)c(=O)ccc-3nc2c1. The molecule has 1 heterocycles. The van der Waals surface area contributed by atoms with Gasteiger partial charge in [0.1, 0.15) is 11.2 Å². The Hall–Kier alpha value is -2.16. The van der Waals surface area contributed by atoms with Crippen LogP contribution in [0.2, 0.25) is 0 Å². The smallest absolute Gasteiger partial charge is 0.185 e. The van der Waals surface area contributed by atoms with Gasteiger partial charge in [-0.3, -0.25) is 4.79 Å². The lowest BCUT2D eigenvalue weighted by atomic mass is 10.1. The lowest BCUT2D eigenvalue weighted by molar-refractivity contribution is 0.608. The molecule has 0 radical (unpaired) electrons. The molecular formula is C14H11NO2. The van der Waals surface area contributed by atoms with E-state index in [2.05, 4.69) is 4.98 Å². The van der Waals surface area contributed by atoms with Gasteiger partial charge in [-0.15, -0.1) is 0 Å². The molecule has 17 heavy (non-hydrogen) atoms. The van der Waals surface area contributed by atoms with Crippen molar-refractivity contribution in [1.82, 2.24) is 4.98 Å². The van der Waals surface area contributed by atoms with Gasteiger partial charge in [0.2, 0.25) is 0 Å². The molecule has 1 aliphatic carbocycles. The quantitative estimate of drug-likeness (QED) is 0.552. The summed E-state index contributed by atoms with van der Waals surface area (Å²) in [6, 6.07) is 9.06. The standard InChI is InChI=1S/C14H11NO2/c1-8-3-6-13-11(7-8)15-10-4-5-12(16)9(2)14(10)17-13/h3-7H,1-2H3. The van der Waals surface area contributed by atoms with Crippen molar-refractivity contribution in [1.29, 1.82) is 0 Å². The molecule has 0 bridgehead atoms. The van der Waals surface area contributed by atoms with Crippen molar-refractivity contribution >= 4 is 11.1 Å². The summed E-state index contributed by atoms with van der Waals surface area (Å²) in [7, 11) is 0. The fourth-order valence-electron chi connectivity index (χ4n) is 1.92. The maximum atomic E-state index is 11.5. The highest BCUT2D eigenvalue weighted by molar-refractivity contribution is 5.77. The fourth-order valence-corrected chi connectivity index (χ4v) is 1.92. The minimum absolute atomic E-state index is 0.0190. The van der Waals surface area contributed by atoms with E-state index in [0.717, 1.165) is 16.8 Å². The Morgan fingerprint density at radius 2 is 1.94 bits per heavy atom. The number of hydrogen-bond donors (Lipinski definition) is 0. The average molecular weight is 225 g/mol. The summed E-state index contributed by atoms with van der Waals surface area (Å²) in [5, 5.41) is 0. The zero-order valence-corrected chi connectivity index (χ0v) is 9.65. The van der Waals surface area contributed by atoms with E-state index in [-0.39, 0.29) is 5.43 Å². The van der Waals surface area contributed by atoms with Crippen LogP contribution in [-0.4, -0.2) is 4.98 Å². The topological polar surface area (TPSA) is 43.1 Å². The van der Waals surface area contributed by atoms with Gasteiger partial charge in [0.25, 0.3) is 0 Å². The molecular weight excluding hydrogens is 214 g/mol. The lowest BCUT2D eigenvalue weighted by Gasteiger charge is -2.08. The van der Waals surface area contributed by atoms with Crippen LogP contribution < -0.4 is 5.43 Å². The van der Waals surface area contributed by atoms with Crippen LogP contribution in [0.1, 0.15) is 11.1 Å². The van der Waals surface area contributed by atoms with Gasteiger partial charge in [-0.05, 0) is 43.7 Å². The average Bonchev–Trinajstić information content (AvgIpc) is 2.32. The normalized spacial score (nSPS) is 11.2. The predicted octanol–water partition coefficient (Wildman–Crippen LogP) is 2.91. The van der Waals surface area contributed by atoms with Crippen LogP contribution in [0.25, 0.3) is 22.6 Å². The molecule has 0 amide bonds. The Balaban J connectivity index is 2.49. The zero-order valence-electron chi connectivity index (χ0n) is 9.65. The number of benzene rings is 2. The number of hydrogen-bond acceptors (Lipinski definition) is 3. The van der Waals surface area contributed by atoms with Gasteiger partial charge < -0.3 is 4.42 Å². The van der Waals surface area contributed by atoms with Crippen LogP contribution in [0.15, 0.2) is 39.5 Å². The largest absolute Gasteiger partial charge is 0.452 e. The maximum absolute atomic E-state index is 11.5. The van der Waals surface area contributed by atoms with E-state index in [0.29, 0.717) is 16.9 Å². The third kappa shape index (κ3) is 1.51. The molecule has 3 nitrogen and oxygen atoms in total. The molecule has 1 aromatic carbocycles. The van der Waals surface area contributed by atoms with Gasteiger partial charge in [0, 0.05) is 5.56 Å². The van der Waals surface area contributed by atoms with E-state index >= 15 is 0 Å². The van der Waals surface area contributed by atoms with Crippen molar-refractivity contribution in [2.45, 2.75) is 13.8 Å². The van der Waals surface area contributed by atoms with E-state index in [1.54, 1.807) is 13.0 Å². The lowest BCUT2D eigenvalue weighted by Crippen LogP contribution is -2.06. The molecule has 1 aliphatic heterocycles. The number of nitrogens with zero attached hydrogens (tertiary/aromatic N) is 1.